The highest BCUT2D eigenvalue weighted by Gasteiger charge is 2.31. The molecule has 96 valence electrons. The third-order valence-electron chi connectivity index (χ3n) is 2.69. The van der Waals surface area contributed by atoms with Crippen molar-refractivity contribution in [3.05, 3.63) is 18.2 Å². The molecule has 0 aliphatic carbocycles. The number of fused-ring (bicyclic) bond motifs is 1. The quantitative estimate of drug-likeness (QED) is 0.799. The molecule has 1 aliphatic heterocycles. The lowest BCUT2D eigenvalue weighted by molar-refractivity contribution is 0.335. The molecule has 2 aromatic heterocycles. The molecule has 0 atom stereocenters. The van der Waals surface area contributed by atoms with E-state index in [2.05, 4.69) is 15.2 Å². The van der Waals surface area contributed by atoms with Crippen LogP contribution in [0.3, 0.4) is 0 Å². The van der Waals surface area contributed by atoms with Gasteiger partial charge < -0.3 is 10.3 Å². The van der Waals surface area contributed by atoms with E-state index in [1.54, 1.807) is 6.20 Å². The van der Waals surface area contributed by atoms with Gasteiger partial charge in [-0.2, -0.15) is 4.31 Å². The lowest BCUT2D eigenvalue weighted by Gasteiger charge is -2.25. The van der Waals surface area contributed by atoms with Crippen molar-refractivity contribution in [2.24, 2.45) is 0 Å². The molecule has 0 spiro atoms. The Kier molecular flexibility index (Phi) is 2.57. The maximum atomic E-state index is 12.3. The summed E-state index contributed by atoms with van der Waals surface area (Å²) < 4.78 is 27.8. The Bertz CT molecular complexity index is 675. The summed E-state index contributed by atoms with van der Waals surface area (Å²) in [6, 6.07) is 0. The first-order valence-corrected chi connectivity index (χ1v) is 7.42. The van der Waals surface area contributed by atoms with Crippen LogP contribution in [0.15, 0.2) is 16.7 Å². The van der Waals surface area contributed by atoms with Crippen molar-refractivity contribution in [3.63, 3.8) is 0 Å². The SMILES string of the molecule is Nc1nnc(S(=O)(=O)N2CCn3ccnc3C2)s1. The summed E-state index contributed by atoms with van der Waals surface area (Å²) in [7, 11) is -3.62. The van der Waals surface area contributed by atoms with Gasteiger partial charge in [-0.3, -0.25) is 0 Å². The van der Waals surface area contributed by atoms with Crippen LogP contribution in [0, 0.1) is 0 Å². The second-order valence-electron chi connectivity index (χ2n) is 3.78. The number of nitrogen functional groups attached to an aromatic ring is 1. The Balaban J connectivity index is 1.92. The van der Waals surface area contributed by atoms with Gasteiger partial charge in [0.1, 0.15) is 5.82 Å². The normalized spacial score (nSPS) is 16.7. The zero-order valence-electron chi connectivity index (χ0n) is 9.22. The van der Waals surface area contributed by atoms with Gasteiger partial charge >= 0.3 is 0 Å². The Labute approximate surface area is 107 Å². The number of sulfonamides is 1. The summed E-state index contributed by atoms with van der Waals surface area (Å²) in [5, 5.41) is 7.27. The van der Waals surface area contributed by atoms with Gasteiger partial charge in [-0.1, -0.05) is 11.3 Å². The number of hydrogen-bond acceptors (Lipinski definition) is 7. The average Bonchev–Trinajstić information content (AvgIpc) is 2.96. The summed E-state index contributed by atoms with van der Waals surface area (Å²) in [5.41, 5.74) is 5.41. The van der Waals surface area contributed by atoms with Crippen molar-refractivity contribution >= 4 is 26.5 Å². The lowest BCUT2D eigenvalue weighted by Crippen LogP contribution is -2.38. The summed E-state index contributed by atoms with van der Waals surface area (Å²) >= 11 is 0.870. The number of imidazole rings is 1. The molecule has 0 amide bonds. The third kappa shape index (κ3) is 1.78. The fraction of sp³-hybridized carbons (Fsp3) is 0.375. The van der Waals surface area contributed by atoms with Gasteiger partial charge in [-0.15, -0.1) is 10.2 Å². The highest BCUT2D eigenvalue weighted by molar-refractivity contribution is 7.91. The molecule has 0 saturated heterocycles. The molecular formula is C8H10N6O2S2. The van der Waals surface area contributed by atoms with E-state index in [4.69, 9.17) is 5.73 Å². The van der Waals surface area contributed by atoms with Gasteiger partial charge in [0.2, 0.25) is 9.47 Å². The van der Waals surface area contributed by atoms with Crippen molar-refractivity contribution in [1.29, 1.82) is 0 Å². The van der Waals surface area contributed by atoms with Crippen LogP contribution in [-0.2, 0) is 23.1 Å². The second kappa shape index (κ2) is 4.00. The van der Waals surface area contributed by atoms with Gasteiger partial charge in [-0.25, -0.2) is 13.4 Å². The van der Waals surface area contributed by atoms with E-state index >= 15 is 0 Å². The molecule has 2 N–H and O–H groups in total. The van der Waals surface area contributed by atoms with E-state index in [0.717, 1.165) is 17.2 Å². The first kappa shape index (κ1) is 11.6. The maximum Gasteiger partial charge on any atom is 0.272 e. The van der Waals surface area contributed by atoms with Crippen LogP contribution in [0.1, 0.15) is 5.82 Å². The number of anilines is 1. The molecule has 2 aromatic rings. The zero-order chi connectivity index (χ0) is 12.8. The van der Waals surface area contributed by atoms with E-state index in [1.807, 2.05) is 10.8 Å². The van der Waals surface area contributed by atoms with Gasteiger partial charge in [0.25, 0.3) is 10.0 Å². The molecule has 0 saturated carbocycles. The van der Waals surface area contributed by atoms with Crippen LogP contribution in [-0.4, -0.2) is 39.0 Å². The Hall–Kier alpha value is -1.52. The summed E-state index contributed by atoms with van der Waals surface area (Å²) in [5.74, 6) is 0.724. The highest BCUT2D eigenvalue weighted by atomic mass is 32.2. The van der Waals surface area contributed by atoms with Crippen LogP contribution < -0.4 is 5.73 Å². The molecule has 0 fully saturated rings. The molecular weight excluding hydrogens is 276 g/mol. The van der Waals surface area contributed by atoms with Crippen molar-refractivity contribution in [3.8, 4) is 0 Å². The van der Waals surface area contributed by atoms with Crippen LogP contribution in [0.4, 0.5) is 5.13 Å². The molecule has 1 aliphatic rings. The maximum absolute atomic E-state index is 12.3. The Morgan fingerprint density at radius 2 is 2.17 bits per heavy atom. The standard InChI is InChI=1S/C8H10N6O2S2/c9-7-11-12-8(17-7)18(15,16)14-4-3-13-2-1-10-6(13)5-14/h1-2H,3-5H2,(H2,9,11). The van der Waals surface area contributed by atoms with Gasteiger partial charge in [0.15, 0.2) is 0 Å². The molecule has 8 nitrogen and oxygen atoms in total. The zero-order valence-corrected chi connectivity index (χ0v) is 10.9. The summed E-state index contributed by atoms with van der Waals surface area (Å²) in [6.45, 7) is 1.23. The predicted octanol–water partition coefficient (Wildman–Crippen LogP) is -0.479. The Morgan fingerprint density at radius 3 is 2.89 bits per heavy atom. The average molecular weight is 286 g/mol. The predicted molar refractivity (Wildman–Crippen MR) is 64.1 cm³/mol. The van der Waals surface area contributed by atoms with Crippen LogP contribution in [0.2, 0.25) is 0 Å². The summed E-state index contributed by atoms with van der Waals surface area (Å²) in [4.78, 5) is 4.12. The third-order valence-corrected chi connectivity index (χ3v) is 5.64. The summed E-state index contributed by atoms with van der Waals surface area (Å²) in [6.07, 6.45) is 3.50. The number of hydrogen-bond donors (Lipinski definition) is 1. The lowest BCUT2D eigenvalue weighted by atomic mass is 10.4. The number of aromatic nitrogens is 4. The van der Waals surface area contributed by atoms with Gasteiger partial charge in [0.05, 0.1) is 6.54 Å². The minimum atomic E-state index is -3.62. The molecule has 10 heteroatoms. The van der Waals surface area contributed by atoms with Crippen molar-refractivity contribution in [1.82, 2.24) is 24.1 Å². The molecule has 0 bridgehead atoms. The highest BCUT2D eigenvalue weighted by Crippen LogP contribution is 2.24. The van der Waals surface area contributed by atoms with Crippen LogP contribution in [0.5, 0.6) is 0 Å². The van der Waals surface area contributed by atoms with Crippen LogP contribution >= 0.6 is 11.3 Å². The Morgan fingerprint density at radius 1 is 1.33 bits per heavy atom. The smallest absolute Gasteiger partial charge is 0.272 e. The number of nitrogens with two attached hydrogens (primary N) is 1. The van der Waals surface area contributed by atoms with Crippen molar-refractivity contribution in [2.75, 3.05) is 12.3 Å². The first-order chi connectivity index (χ1) is 8.57. The second-order valence-corrected chi connectivity index (χ2v) is 6.90. The minimum Gasteiger partial charge on any atom is -0.374 e. The molecule has 0 aromatic carbocycles. The van der Waals surface area contributed by atoms with Crippen LogP contribution in [0.25, 0.3) is 0 Å². The number of rotatable bonds is 2. The topological polar surface area (TPSA) is 107 Å². The minimum absolute atomic E-state index is 0.0694. The molecule has 18 heavy (non-hydrogen) atoms. The first-order valence-electron chi connectivity index (χ1n) is 5.16. The van der Waals surface area contributed by atoms with Crippen molar-refractivity contribution in [2.45, 2.75) is 17.4 Å². The van der Waals surface area contributed by atoms with Crippen molar-refractivity contribution < 1.29 is 8.42 Å². The van der Waals surface area contributed by atoms with E-state index in [9.17, 15) is 8.42 Å². The van der Waals surface area contributed by atoms with Gasteiger partial charge in [0, 0.05) is 25.5 Å². The monoisotopic (exact) mass is 286 g/mol. The van der Waals surface area contributed by atoms with E-state index < -0.39 is 10.0 Å². The molecule has 3 heterocycles. The fourth-order valence-electron chi connectivity index (χ4n) is 1.79. The van der Waals surface area contributed by atoms with Gasteiger partial charge in [-0.05, 0) is 0 Å². The van der Waals surface area contributed by atoms with E-state index in [1.165, 1.54) is 4.31 Å². The van der Waals surface area contributed by atoms with E-state index in [0.29, 0.717) is 13.1 Å². The van der Waals surface area contributed by atoms with E-state index in [-0.39, 0.29) is 16.0 Å². The molecule has 0 radical (unpaired) electrons. The molecule has 0 unspecified atom stereocenters. The fourth-order valence-corrected chi connectivity index (χ4v) is 4.10. The molecule has 3 rings (SSSR count). The number of nitrogens with zero attached hydrogens (tertiary/aromatic N) is 5. The largest absolute Gasteiger partial charge is 0.374 e.